The van der Waals surface area contributed by atoms with Crippen molar-refractivity contribution in [2.24, 2.45) is 0 Å². The van der Waals surface area contributed by atoms with Gasteiger partial charge in [0, 0.05) is 38.0 Å². The van der Waals surface area contributed by atoms with Gasteiger partial charge in [0.1, 0.15) is 11.6 Å². The van der Waals surface area contributed by atoms with Gasteiger partial charge in [0.15, 0.2) is 5.65 Å². The van der Waals surface area contributed by atoms with Crippen LogP contribution < -0.4 is 4.90 Å². The fourth-order valence-corrected chi connectivity index (χ4v) is 4.77. The van der Waals surface area contributed by atoms with Crippen LogP contribution in [0.3, 0.4) is 0 Å². The maximum Gasteiger partial charge on any atom is 0.227 e. The van der Waals surface area contributed by atoms with Gasteiger partial charge >= 0.3 is 0 Å². The van der Waals surface area contributed by atoms with Gasteiger partial charge in [0.05, 0.1) is 11.9 Å². The molecule has 1 aliphatic heterocycles. The van der Waals surface area contributed by atoms with Crippen molar-refractivity contribution in [3.63, 3.8) is 0 Å². The molecule has 0 saturated carbocycles. The summed E-state index contributed by atoms with van der Waals surface area (Å²) in [5, 5.41) is 10.1. The number of aromatic nitrogens is 4. The van der Waals surface area contributed by atoms with Crippen molar-refractivity contribution in [3.05, 3.63) is 102 Å². The number of carbonyl (C=O) groups is 1. The number of anilines is 1. The van der Waals surface area contributed by atoms with Crippen molar-refractivity contribution in [3.8, 4) is 0 Å². The first-order valence-corrected chi connectivity index (χ1v) is 12.1. The molecule has 1 fully saturated rings. The molecule has 8 heteroatoms. The summed E-state index contributed by atoms with van der Waals surface area (Å²) in [6.45, 7) is 2.48. The highest BCUT2D eigenvalue weighted by Gasteiger charge is 2.25. The number of nitrogens with zero attached hydrogens (tertiary/aromatic N) is 6. The van der Waals surface area contributed by atoms with Crippen LogP contribution in [0.5, 0.6) is 0 Å². The van der Waals surface area contributed by atoms with Crippen molar-refractivity contribution in [1.82, 2.24) is 24.5 Å². The summed E-state index contributed by atoms with van der Waals surface area (Å²) in [6.07, 6.45) is 0.913. The number of para-hydroxylation sites is 1. The molecule has 0 bridgehead atoms. The molecule has 0 unspecified atom stereocenters. The van der Waals surface area contributed by atoms with Gasteiger partial charge < -0.3 is 9.80 Å². The largest absolute Gasteiger partial charge is 0.339 e. The molecule has 1 aliphatic rings. The summed E-state index contributed by atoms with van der Waals surface area (Å²) in [7, 11) is 0. The molecule has 36 heavy (non-hydrogen) atoms. The monoisotopic (exact) mass is 480 g/mol. The molecule has 0 atom stereocenters. The van der Waals surface area contributed by atoms with Crippen molar-refractivity contribution in [2.45, 2.75) is 12.8 Å². The normalized spacial score (nSPS) is 14.0. The van der Waals surface area contributed by atoms with Gasteiger partial charge in [-0.1, -0.05) is 54.6 Å². The minimum atomic E-state index is -0.297. The van der Waals surface area contributed by atoms with E-state index in [2.05, 4.69) is 31.6 Å². The van der Waals surface area contributed by atoms with E-state index in [9.17, 15) is 9.18 Å². The summed E-state index contributed by atoms with van der Waals surface area (Å²) in [6, 6.07) is 24.3. The number of rotatable bonds is 5. The van der Waals surface area contributed by atoms with E-state index in [1.807, 2.05) is 47.4 Å². The summed E-state index contributed by atoms with van der Waals surface area (Å²) in [4.78, 5) is 22.0. The molecule has 3 aromatic carbocycles. The highest BCUT2D eigenvalue weighted by molar-refractivity contribution is 5.92. The molecule has 7 nitrogen and oxygen atoms in total. The molecule has 5 aromatic rings. The molecule has 1 saturated heterocycles. The van der Waals surface area contributed by atoms with E-state index in [1.165, 1.54) is 12.1 Å². The Kier molecular flexibility index (Phi) is 5.77. The molecule has 0 N–H and O–H groups in total. The van der Waals surface area contributed by atoms with E-state index in [4.69, 9.17) is 4.98 Å². The van der Waals surface area contributed by atoms with Gasteiger partial charge in [-0.2, -0.15) is 0 Å². The highest BCUT2D eigenvalue weighted by Crippen LogP contribution is 2.26. The van der Waals surface area contributed by atoms with E-state index in [0.717, 1.165) is 39.4 Å². The molecular formula is C28H25FN6O. The van der Waals surface area contributed by atoms with Gasteiger partial charge in [0.2, 0.25) is 11.9 Å². The lowest BCUT2D eigenvalue weighted by atomic mass is 10.1. The quantitative estimate of drug-likeness (QED) is 0.382. The van der Waals surface area contributed by atoms with Crippen LogP contribution in [0.4, 0.5) is 10.3 Å². The Bertz CT molecular complexity index is 1530. The van der Waals surface area contributed by atoms with Gasteiger partial charge in [-0.3, -0.25) is 4.79 Å². The second kappa shape index (κ2) is 9.37. The Morgan fingerprint density at radius 3 is 2.31 bits per heavy atom. The molecule has 3 heterocycles. The number of hydrogen-bond donors (Lipinski definition) is 0. The van der Waals surface area contributed by atoms with E-state index >= 15 is 0 Å². The zero-order valence-electron chi connectivity index (χ0n) is 19.7. The predicted molar refractivity (Wildman–Crippen MR) is 136 cm³/mol. The standard InChI is InChI=1S/C28H25FN6O/c29-22-12-10-21(11-13-22)19-26(36)33-14-16-34(17-15-33)28-30-24-9-5-4-8-23(24)27-32-31-25(35(27)28)18-20-6-2-1-3-7-20/h1-13H,14-19H2. The molecule has 1 amide bonds. The molecule has 0 radical (unpaired) electrons. The first-order chi connectivity index (χ1) is 17.7. The number of hydrogen-bond acceptors (Lipinski definition) is 5. The topological polar surface area (TPSA) is 66.6 Å². The first-order valence-electron chi connectivity index (χ1n) is 12.1. The third-order valence-electron chi connectivity index (χ3n) is 6.68. The fraction of sp³-hybridized carbons (Fsp3) is 0.214. The summed E-state index contributed by atoms with van der Waals surface area (Å²) in [5.41, 5.74) is 3.63. The smallest absolute Gasteiger partial charge is 0.227 e. The van der Waals surface area contributed by atoms with E-state index in [-0.39, 0.29) is 18.1 Å². The Hall–Kier alpha value is -4.33. The average Bonchev–Trinajstić information content (AvgIpc) is 3.34. The number of amides is 1. The van der Waals surface area contributed by atoms with Gasteiger partial charge in [-0.15, -0.1) is 10.2 Å². The van der Waals surface area contributed by atoms with Crippen LogP contribution in [0.25, 0.3) is 16.6 Å². The molecular weight excluding hydrogens is 455 g/mol. The van der Waals surface area contributed by atoms with Crippen LogP contribution in [0.2, 0.25) is 0 Å². The van der Waals surface area contributed by atoms with Crippen molar-refractivity contribution < 1.29 is 9.18 Å². The number of carbonyl (C=O) groups excluding carboxylic acids is 1. The fourth-order valence-electron chi connectivity index (χ4n) is 4.77. The van der Waals surface area contributed by atoms with E-state index in [1.54, 1.807) is 12.1 Å². The van der Waals surface area contributed by atoms with Crippen LogP contribution >= 0.6 is 0 Å². The van der Waals surface area contributed by atoms with E-state index < -0.39 is 0 Å². The van der Waals surface area contributed by atoms with Crippen molar-refractivity contribution in [1.29, 1.82) is 0 Å². The predicted octanol–water partition coefficient (Wildman–Crippen LogP) is 3.90. The summed E-state index contributed by atoms with van der Waals surface area (Å²) < 4.78 is 15.3. The number of halogens is 1. The second-order valence-corrected chi connectivity index (χ2v) is 9.04. The summed E-state index contributed by atoms with van der Waals surface area (Å²) in [5.74, 6) is 1.38. The van der Waals surface area contributed by atoms with Crippen LogP contribution in [0.1, 0.15) is 17.0 Å². The third kappa shape index (κ3) is 4.26. The molecule has 2 aromatic heterocycles. The van der Waals surface area contributed by atoms with Crippen LogP contribution in [-0.4, -0.2) is 56.6 Å². The third-order valence-corrected chi connectivity index (χ3v) is 6.68. The minimum absolute atomic E-state index is 0.0481. The lowest BCUT2D eigenvalue weighted by Crippen LogP contribution is -2.50. The molecule has 0 aliphatic carbocycles. The highest BCUT2D eigenvalue weighted by atomic mass is 19.1. The van der Waals surface area contributed by atoms with E-state index in [0.29, 0.717) is 32.6 Å². The minimum Gasteiger partial charge on any atom is -0.339 e. The van der Waals surface area contributed by atoms with Crippen LogP contribution in [-0.2, 0) is 17.6 Å². The Labute approximate surface area is 207 Å². The molecule has 180 valence electrons. The average molecular weight is 481 g/mol. The summed E-state index contributed by atoms with van der Waals surface area (Å²) >= 11 is 0. The second-order valence-electron chi connectivity index (χ2n) is 9.04. The maximum absolute atomic E-state index is 13.2. The van der Waals surface area contributed by atoms with Gasteiger partial charge in [0.25, 0.3) is 0 Å². The van der Waals surface area contributed by atoms with Gasteiger partial charge in [-0.05, 0) is 35.4 Å². The Morgan fingerprint density at radius 1 is 0.806 bits per heavy atom. The lowest BCUT2D eigenvalue weighted by Gasteiger charge is -2.35. The van der Waals surface area contributed by atoms with Crippen LogP contribution in [0.15, 0.2) is 78.9 Å². The molecule has 0 spiro atoms. The van der Waals surface area contributed by atoms with Gasteiger partial charge in [-0.25, -0.2) is 13.8 Å². The number of fused-ring (bicyclic) bond motifs is 3. The lowest BCUT2D eigenvalue weighted by molar-refractivity contribution is -0.130. The zero-order valence-corrected chi connectivity index (χ0v) is 19.7. The Balaban J connectivity index is 1.28. The van der Waals surface area contributed by atoms with Crippen molar-refractivity contribution >= 4 is 28.4 Å². The SMILES string of the molecule is O=C(Cc1ccc(F)cc1)N1CCN(c2nc3ccccc3c3nnc(Cc4ccccc4)n23)CC1. The van der Waals surface area contributed by atoms with Crippen LogP contribution in [0, 0.1) is 5.82 Å². The maximum atomic E-state index is 13.2. The number of benzene rings is 3. The zero-order chi connectivity index (χ0) is 24.5. The molecule has 6 rings (SSSR count). The first kappa shape index (κ1) is 22.2. The Morgan fingerprint density at radius 2 is 1.53 bits per heavy atom. The number of piperazine rings is 1. The van der Waals surface area contributed by atoms with Crippen molar-refractivity contribution in [2.75, 3.05) is 31.1 Å².